The lowest BCUT2D eigenvalue weighted by Gasteiger charge is -2.34. The molecule has 0 atom stereocenters. The predicted molar refractivity (Wildman–Crippen MR) is 49.6 cm³/mol. The average molecular weight is 183 g/mol. The van der Waals surface area contributed by atoms with Crippen LogP contribution in [0.5, 0.6) is 0 Å². The van der Waals surface area contributed by atoms with Gasteiger partial charge in [0.25, 0.3) is 0 Å². The fourth-order valence-corrected chi connectivity index (χ4v) is 1.94. The van der Waals surface area contributed by atoms with E-state index in [9.17, 15) is 4.79 Å². The summed E-state index contributed by atoms with van der Waals surface area (Å²) >= 11 is 0. The van der Waals surface area contributed by atoms with Gasteiger partial charge in [-0.3, -0.25) is 4.79 Å². The third-order valence-electron chi connectivity index (χ3n) is 2.96. The predicted octanol–water partition coefficient (Wildman–Crippen LogP) is 0.829. The van der Waals surface area contributed by atoms with Crippen molar-refractivity contribution in [3.05, 3.63) is 0 Å². The average Bonchev–Trinajstić information content (AvgIpc) is 2.06. The number of likely N-dealkylation sites (tertiary alicyclic amines) is 1. The number of rotatable bonds is 2. The number of carbonyl (C=O) groups is 1. The van der Waals surface area contributed by atoms with Gasteiger partial charge < -0.3 is 9.64 Å². The van der Waals surface area contributed by atoms with Gasteiger partial charge in [-0.2, -0.15) is 0 Å². The summed E-state index contributed by atoms with van der Waals surface area (Å²) in [7, 11) is 2.14. The molecule has 0 amide bonds. The van der Waals surface area contributed by atoms with Crippen LogP contribution in [0.3, 0.4) is 0 Å². The number of Topliss-reactive ketones (excluding diaryl/α,β-unsaturated/α-hetero) is 1. The molecule has 1 saturated heterocycles. The maximum Gasteiger partial charge on any atom is 0.138 e. The molecule has 0 spiro atoms. The van der Waals surface area contributed by atoms with Gasteiger partial charge in [0.1, 0.15) is 5.78 Å². The van der Waals surface area contributed by atoms with Crippen LogP contribution < -0.4 is 0 Å². The maximum atomic E-state index is 10.7. The van der Waals surface area contributed by atoms with Crippen LogP contribution in [0.25, 0.3) is 0 Å². The first-order valence-corrected chi connectivity index (χ1v) is 5.10. The Balaban J connectivity index is 1.68. The minimum Gasteiger partial charge on any atom is -0.374 e. The van der Waals surface area contributed by atoms with Crippen molar-refractivity contribution < 1.29 is 9.53 Å². The van der Waals surface area contributed by atoms with E-state index in [2.05, 4.69) is 11.9 Å². The van der Waals surface area contributed by atoms with Crippen molar-refractivity contribution in [2.45, 2.75) is 37.9 Å². The summed E-state index contributed by atoms with van der Waals surface area (Å²) < 4.78 is 5.80. The molecule has 13 heavy (non-hydrogen) atoms. The van der Waals surface area contributed by atoms with E-state index in [1.807, 2.05) is 0 Å². The topological polar surface area (TPSA) is 29.5 Å². The molecule has 0 aromatic heterocycles. The van der Waals surface area contributed by atoms with E-state index >= 15 is 0 Å². The Morgan fingerprint density at radius 2 is 1.85 bits per heavy atom. The lowest BCUT2D eigenvalue weighted by atomic mass is 9.93. The molecule has 3 nitrogen and oxygen atoms in total. The van der Waals surface area contributed by atoms with Gasteiger partial charge in [-0.25, -0.2) is 0 Å². The quantitative estimate of drug-likeness (QED) is 0.635. The zero-order chi connectivity index (χ0) is 9.26. The lowest BCUT2D eigenvalue weighted by molar-refractivity contribution is -0.140. The van der Waals surface area contributed by atoms with Crippen molar-refractivity contribution in [1.29, 1.82) is 0 Å². The summed E-state index contributed by atoms with van der Waals surface area (Å²) in [6.45, 7) is 2.26. The second kappa shape index (κ2) is 3.76. The molecule has 1 saturated carbocycles. The van der Waals surface area contributed by atoms with Gasteiger partial charge in [-0.15, -0.1) is 0 Å². The van der Waals surface area contributed by atoms with Crippen LogP contribution in [0.2, 0.25) is 0 Å². The molecule has 2 aliphatic rings. The SMILES string of the molecule is CN1CCC(OC2CC(=O)C2)CC1. The number of carbonyl (C=O) groups excluding carboxylic acids is 1. The van der Waals surface area contributed by atoms with Crippen LogP contribution in [0.1, 0.15) is 25.7 Å². The highest BCUT2D eigenvalue weighted by Crippen LogP contribution is 2.23. The molecule has 0 aromatic carbocycles. The van der Waals surface area contributed by atoms with E-state index in [0.29, 0.717) is 24.7 Å². The van der Waals surface area contributed by atoms with Crippen LogP contribution in [0.4, 0.5) is 0 Å². The number of ketones is 1. The second-order valence-electron chi connectivity index (χ2n) is 4.21. The minimum absolute atomic E-state index is 0.251. The molecule has 0 unspecified atom stereocenters. The maximum absolute atomic E-state index is 10.7. The van der Waals surface area contributed by atoms with Crippen molar-refractivity contribution in [1.82, 2.24) is 4.90 Å². The van der Waals surface area contributed by atoms with Crippen molar-refractivity contribution in [3.8, 4) is 0 Å². The standard InChI is InChI=1S/C10H17NO2/c1-11-4-2-9(3-5-11)13-10-6-8(12)7-10/h9-10H,2-7H2,1H3. The van der Waals surface area contributed by atoms with E-state index < -0.39 is 0 Å². The summed E-state index contributed by atoms with van der Waals surface area (Å²) in [5.74, 6) is 0.359. The summed E-state index contributed by atoms with van der Waals surface area (Å²) in [6.07, 6.45) is 4.23. The summed E-state index contributed by atoms with van der Waals surface area (Å²) in [5, 5.41) is 0. The third kappa shape index (κ3) is 2.29. The van der Waals surface area contributed by atoms with Gasteiger partial charge in [0.15, 0.2) is 0 Å². The molecule has 0 radical (unpaired) electrons. The van der Waals surface area contributed by atoms with E-state index in [1.165, 1.54) is 0 Å². The third-order valence-corrected chi connectivity index (χ3v) is 2.96. The first kappa shape index (κ1) is 9.16. The number of ether oxygens (including phenoxy) is 1. The van der Waals surface area contributed by atoms with Crippen molar-refractivity contribution >= 4 is 5.78 Å². The second-order valence-corrected chi connectivity index (χ2v) is 4.21. The Hall–Kier alpha value is -0.410. The zero-order valence-corrected chi connectivity index (χ0v) is 8.16. The van der Waals surface area contributed by atoms with Gasteiger partial charge >= 0.3 is 0 Å². The van der Waals surface area contributed by atoms with Crippen molar-refractivity contribution in [2.75, 3.05) is 20.1 Å². The molecule has 1 aliphatic carbocycles. The number of nitrogens with zero attached hydrogens (tertiary/aromatic N) is 1. The Kier molecular flexibility index (Phi) is 2.65. The fraction of sp³-hybridized carbons (Fsp3) is 0.900. The molecule has 3 heteroatoms. The molecule has 0 bridgehead atoms. The largest absolute Gasteiger partial charge is 0.374 e. The smallest absolute Gasteiger partial charge is 0.138 e. The first-order chi connectivity index (χ1) is 6.24. The van der Waals surface area contributed by atoms with Gasteiger partial charge in [-0.1, -0.05) is 0 Å². The van der Waals surface area contributed by atoms with Crippen LogP contribution in [0, 0.1) is 0 Å². The molecule has 74 valence electrons. The summed E-state index contributed by atoms with van der Waals surface area (Å²) in [6, 6.07) is 0. The van der Waals surface area contributed by atoms with E-state index in [-0.39, 0.29) is 6.10 Å². The lowest BCUT2D eigenvalue weighted by Crippen LogP contribution is -2.40. The molecule has 0 aromatic rings. The van der Waals surface area contributed by atoms with Gasteiger partial charge in [0.2, 0.25) is 0 Å². The van der Waals surface area contributed by atoms with E-state index in [1.54, 1.807) is 0 Å². The van der Waals surface area contributed by atoms with Crippen molar-refractivity contribution in [3.63, 3.8) is 0 Å². The van der Waals surface area contributed by atoms with Gasteiger partial charge in [-0.05, 0) is 19.9 Å². The normalized spacial score (nSPS) is 27.6. The number of piperidine rings is 1. The van der Waals surface area contributed by atoms with Gasteiger partial charge in [0.05, 0.1) is 12.2 Å². The van der Waals surface area contributed by atoms with Crippen LogP contribution in [-0.4, -0.2) is 43.0 Å². The molecule has 0 N–H and O–H groups in total. The van der Waals surface area contributed by atoms with Crippen LogP contribution in [-0.2, 0) is 9.53 Å². The first-order valence-electron chi connectivity index (χ1n) is 5.10. The highest BCUT2D eigenvalue weighted by Gasteiger charge is 2.30. The molecule has 2 fully saturated rings. The Morgan fingerprint density at radius 3 is 2.38 bits per heavy atom. The summed E-state index contributed by atoms with van der Waals surface area (Å²) in [4.78, 5) is 13.0. The Bertz CT molecular complexity index is 189. The Labute approximate surface area is 79.0 Å². The molecular weight excluding hydrogens is 166 g/mol. The molecule has 1 aliphatic heterocycles. The molecular formula is C10H17NO2. The summed E-state index contributed by atoms with van der Waals surface area (Å²) in [5.41, 5.74) is 0. The Morgan fingerprint density at radius 1 is 1.23 bits per heavy atom. The number of hydrogen-bond acceptors (Lipinski definition) is 3. The molecule has 2 rings (SSSR count). The van der Waals surface area contributed by atoms with E-state index in [0.717, 1.165) is 25.9 Å². The minimum atomic E-state index is 0.251. The fourth-order valence-electron chi connectivity index (χ4n) is 1.94. The van der Waals surface area contributed by atoms with E-state index in [4.69, 9.17) is 4.74 Å². The molecule has 1 heterocycles. The highest BCUT2D eigenvalue weighted by atomic mass is 16.5. The van der Waals surface area contributed by atoms with Crippen LogP contribution >= 0.6 is 0 Å². The van der Waals surface area contributed by atoms with Crippen molar-refractivity contribution in [2.24, 2.45) is 0 Å². The highest BCUT2D eigenvalue weighted by molar-refractivity contribution is 5.85. The number of hydrogen-bond donors (Lipinski definition) is 0. The van der Waals surface area contributed by atoms with Crippen LogP contribution in [0.15, 0.2) is 0 Å². The van der Waals surface area contributed by atoms with Gasteiger partial charge in [0, 0.05) is 25.9 Å². The zero-order valence-electron chi connectivity index (χ0n) is 8.16. The monoisotopic (exact) mass is 183 g/mol.